The van der Waals surface area contributed by atoms with Gasteiger partial charge in [0.25, 0.3) is 0 Å². The monoisotopic (exact) mass is 349 g/mol. The van der Waals surface area contributed by atoms with Gasteiger partial charge in [0.1, 0.15) is 0 Å². The van der Waals surface area contributed by atoms with Gasteiger partial charge in [0.05, 0.1) is 0 Å². The molecule has 24 heavy (non-hydrogen) atoms. The third-order valence-corrected chi connectivity index (χ3v) is 6.24. The van der Waals surface area contributed by atoms with Gasteiger partial charge in [0, 0.05) is 25.7 Å². The van der Waals surface area contributed by atoms with E-state index in [1.165, 1.54) is 44.3 Å². The van der Waals surface area contributed by atoms with Gasteiger partial charge in [-0.05, 0) is 74.0 Å². The Balaban J connectivity index is 1.49. The molecule has 2 aliphatic rings. The number of carbonyl (C=O) groups is 1. The summed E-state index contributed by atoms with van der Waals surface area (Å²) in [6.07, 6.45) is 8.53. The summed E-state index contributed by atoms with van der Waals surface area (Å²) in [5.74, 6) is 0.737. The number of thiophene rings is 1. The molecule has 1 aromatic heterocycles. The van der Waals surface area contributed by atoms with E-state index < -0.39 is 0 Å². The van der Waals surface area contributed by atoms with Crippen LogP contribution in [-0.2, 0) is 6.54 Å². The van der Waals surface area contributed by atoms with Crippen molar-refractivity contribution in [1.29, 1.82) is 0 Å². The Labute approximate surface area is 150 Å². The highest BCUT2D eigenvalue weighted by molar-refractivity contribution is 7.07. The first-order chi connectivity index (χ1) is 11.7. The highest BCUT2D eigenvalue weighted by Crippen LogP contribution is 2.25. The molecule has 134 valence electrons. The summed E-state index contributed by atoms with van der Waals surface area (Å²) in [4.78, 5) is 17.3. The van der Waals surface area contributed by atoms with Gasteiger partial charge in [-0.3, -0.25) is 0 Å². The molecule has 2 heterocycles. The number of piperidine rings is 1. The predicted molar refractivity (Wildman–Crippen MR) is 100 cm³/mol. The number of amides is 2. The molecular weight excluding hydrogens is 318 g/mol. The number of rotatable bonds is 6. The molecular formula is C19H31N3OS. The lowest BCUT2D eigenvalue weighted by Crippen LogP contribution is -2.45. The number of urea groups is 1. The summed E-state index contributed by atoms with van der Waals surface area (Å²) in [5, 5.41) is 7.46. The summed E-state index contributed by atoms with van der Waals surface area (Å²) in [5.41, 5.74) is 1.26. The van der Waals surface area contributed by atoms with Crippen LogP contribution in [0.25, 0.3) is 0 Å². The van der Waals surface area contributed by atoms with Crippen molar-refractivity contribution in [2.75, 3.05) is 26.7 Å². The normalized spacial score (nSPS) is 22.6. The molecule has 0 unspecified atom stereocenters. The number of nitrogens with one attached hydrogen (secondary N) is 1. The average Bonchev–Trinajstić information content (AvgIpc) is 3.26. The summed E-state index contributed by atoms with van der Waals surface area (Å²) in [6.45, 7) is 3.96. The molecule has 1 aromatic rings. The van der Waals surface area contributed by atoms with E-state index in [4.69, 9.17) is 0 Å². The number of hydrogen-bond donors (Lipinski definition) is 1. The Kier molecular flexibility index (Phi) is 6.55. The Bertz CT molecular complexity index is 499. The fourth-order valence-corrected chi connectivity index (χ4v) is 4.82. The van der Waals surface area contributed by atoms with E-state index in [9.17, 15) is 4.79 Å². The number of likely N-dealkylation sites (tertiary alicyclic amines) is 1. The van der Waals surface area contributed by atoms with Gasteiger partial charge in [-0.2, -0.15) is 11.3 Å². The van der Waals surface area contributed by atoms with Crippen LogP contribution in [0.5, 0.6) is 0 Å². The highest BCUT2D eigenvalue weighted by Gasteiger charge is 2.27. The first-order valence-electron chi connectivity index (χ1n) is 9.46. The fraction of sp³-hybridized carbons (Fsp3) is 0.737. The SMILES string of the molecule is CN1CCC[C@H](CCNC(=O)N(Cc2ccsc2)C2CCCC2)C1. The molecule has 3 rings (SSSR count). The van der Waals surface area contributed by atoms with Crippen LogP contribution in [0, 0.1) is 5.92 Å². The molecule has 4 nitrogen and oxygen atoms in total. The molecule has 1 saturated heterocycles. The lowest BCUT2D eigenvalue weighted by molar-refractivity contribution is 0.167. The van der Waals surface area contributed by atoms with Crippen LogP contribution in [0.2, 0.25) is 0 Å². The van der Waals surface area contributed by atoms with Gasteiger partial charge in [0.2, 0.25) is 0 Å². The fourth-order valence-electron chi connectivity index (χ4n) is 4.16. The maximum absolute atomic E-state index is 12.8. The minimum Gasteiger partial charge on any atom is -0.338 e. The topological polar surface area (TPSA) is 35.6 Å². The van der Waals surface area contributed by atoms with Gasteiger partial charge in [-0.1, -0.05) is 12.8 Å². The van der Waals surface area contributed by atoms with E-state index in [0.29, 0.717) is 6.04 Å². The Morgan fingerprint density at radius 3 is 2.88 bits per heavy atom. The highest BCUT2D eigenvalue weighted by atomic mass is 32.1. The van der Waals surface area contributed by atoms with Gasteiger partial charge < -0.3 is 15.1 Å². The lowest BCUT2D eigenvalue weighted by atomic mass is 9.95. The van der Waals surface area contributed by atoms with E-state index in [1.807, 2.05) is 0 Å². The second kappa shape index (κ2) is 8.86. The third-order valence-electron chi connectivity index (χ3n) is 5.51. The maximum atomic E-state index is 12.8. The first-order valence-corrected chi connectivity index (χ1v) is 10.4. The van der Waals surface area contributed by atoms with E-state index in [1.54, 1.807) is 11.3 Å². The molecule has 2 fully saturated rings. The summed E-state index contributed by atoms with van der Waals surface area (Å²) < 4.78 is 0. The summed E-state index contributed by atoms with van der Waals surface area (Å²) in [6, 6.07) is 2.69. The zero-order chi connectivity index (χ0) is 16.8. The molecule has 0 spiro atoms. The summed E-state index contributed by atoms with van der Waals surface area (Å²) in [7, 11) is 2.20. The molecule has 1 aliphatic carbocycles. The molecule has 1 atom stereocenters. The molecule has 1 N–H and O–H groups in total. The molecule has 5 heteroatoms. The van der Waals surface area contributed by atoms with Crippen molar-refractivity contribution < 1.29 is 4.79 Å². The predicted octanol–water partition coefficient (Wildman–Crippen LogP) is 3.93. The van der Waals surface area contributed by atoms with Crippen LogP contribution in [0.4, 0.5) is 4.79 Å². The van der Waals surface area contributed by atoms with Crippen LogP contribution in [0.15, 0.2) is 16.8 Å². The van der Waals surface area contributed by atoms with E-state index in [-0.39, 0.29) is 6.03 Å². The van der Waals surface area contributed by atoms with Crippen LogP contribution in [0.1, 0.15) is 50.5 Å². The van der Waals surface area contributed by atoms with Crippen molar-refractivity contribution in [3.8, 4) is 0 Å². The van der Waals surface area contributed by atoms with Crippen molar-refractivity contribution in [3.63, 3.8) is 0 Å². The van der Waals surface area contributed by atoms with Gasteiger partial charge in [-0.25, -0.2) is 4.79 Å². The van der Waals surface area contributed by atoms with Gasteiger partial charge in [0.15, 0.2) is 0 Å². The average molecular weight is 350 g/mol. The smallest absolute Gasteiger partial charge is 0.317 e. The van der Waals surface area contributed by atoms with Crippen LogP contribution >= 0.6 is 11.3 Å². The molecule has 0 radical (unpaired) electrons. The van der Waals surface area contributed by atoms with Crippen LogP contribution < -0.4 is 5.32 Å². The van der Waals surface area contributed by atoms with Crippen molar-refractivity contribution >= 4 is 17.4 Å². The molecule has 1 aliphatic heterocycles. The minimum absolute atomic E-state index is 0.136. The van der Waals surface area contributed by atoms with Gasteiger partial charge >= 0.3 is 6.03 Å². The van der Waals surface area contributed by atoms with Crippen LogP contribution in [0.3, 0.4) is 0 Å². The second-order valence-corrected chi connectivity index (χ2v) is 8.27. The number of carbonyl (C=O) groups excluding carboxylic acids is 1. The zero-order valence-electron chi connectivity index (χ0n) is 14.9. The Hall–Kier alpha value is -1.07. The number of nitrogens with zero attached hydrogens (tertiary/aromatic N) is 2. The Morgan fingerprint density at radius 2 is 2.17 bits per heavy atom. The standard InChI is InChI=1S/C19H31N3OS/c1-21-11-4-5-16(13-21)8-10-20-19(23)22(18-6-2-3-7-18)14-17-9-12-24-15-17/h9,12,15-16,18H,2-8,10-11,13-14H2,1H3,(H,20,23)/t16-/m1/s1. The van der Waals surface area contributed by atoms with E-state index in [0.717, 1.165) is 38.3 Å². The molecule has 2 amide bonds. The minimum atomic E-state index is 0.136. The van der Waals surface area contributed by atoms with Crippen LogP contribution in [-0.4, -0.2) is 48.6 Å². The maximum Gasteiger partial charge on any atom is 0.317 e. The van der Waals surface area contributed by atoms with Crippen molar-refractivity contribution in [2.24, 2.45) is 5.92 Å². The molecule has 0 aromatic carbocycles. The lowest BCUT2D eigenvalue weighted by Gasteiger charge is -2.31. The molecule has 0 bridgehead atoms. The quantitative estimate of drug-likeness (QED) is 0.844. The zero-order valence-corrected chi connectivity index (χ0v) is 15.7. The first kappa shape index (κ1) is 17.7. The van der Waals surface area contributed by atoms with Crippen molar-refractivity contribution in [2.45, 2.75) is 57.5 Å². The largest absolute Gasteiger partial charge is 0.338 e. The number of hydrogen-bond acceptors (Lipinski definition) is 3. The molecule has 1 saturated carbocycles. The second-order valence-electron chi connectivity index (χ2n) is 7.49. The van der Waals surface area contributed by atoms with Crippen molar-refractivity contribution in [3.05, 3.63) is 22.4 Å². The van der Waals surface area contributed by atoms with E-state index in [2.05, 4.69) is 39.0 Å². The summed E-state index contributed by atoms with van der Waals surface area (Å²) >= 11 is 1.71. The Morgan fingerprint density at radius 1 is 1.33 bits per heavy atom. The van der Waals surface area contributed by atoms with Crippen molar-refractivity contribution in [1.82, 2.24) is 15.1 Å². The third kappa shape index (κ3) is 4.96. The van der Waals surface area contributed by atoms with Gasteiger partial charge in [-0.15, -0.1) is 0 Å². The van der Waals surface area contributed by atoms with E-state index >= 15 is 0 Å².